The van der Waals surface area contributed by atoms with E-state index in [4.69, 9.17) is 11.6 Å². The molecule has 0 aliphatic rings. The predicted octanol–water partition coefficient (Wildman–Crippen LogP) is 2.21. The summed E-state index contributed by atoms with van der Waals surface area (Å²) in [5.74, 6) is -0.0123. The Labute approximate surface area is 172 Å². The van der Waals surface area contributed by atoms with E-state index in [-0.39, 0.29) is 29.5 Å². The number of rotatable bonds is 6. The molecule has 1 N–H and O–H groups in total. The van der Waals surface area contributed by atoms with Crippen molar-refractivity contribution in [3.63, 3.8) is 0 Å². The second-order valence-electron chi connectivity index (χ2n) is 6.73. The van der Waals surface area contributed by atoms with Gasteiger partial charge in [-0.15, -0.1) is 0 Å². The first kappa shape index (κ1) is 20.7. The molecule has 2 aromatic heterocycles. The maximum atomic E-state index is 12.9. The lowest BCUT2D eigenvalue weighted by Crippen LogP contribution is -2.45. The Kier molecular flexibility index (Phi) is 6.12. The zero-order valence-corrected chi connectivity index (χ0v) is 17.2. The molecule has 3 aromatic rings. The van der Waals surface area contributed by atoms with E-state index in [0.717, 1.165) is 11.0 Å². The number of hydrogen-bond acceptors (Lipinski definition) is 5. The third-order valence-electron chi connectivity index (χ3n) is 4.70. The van der Waals surface area contributed by atoms with Crippen molar-refractivity contribution in [3.8, 4) is 11.4 Å². The molecule has 1 aromatic carbocycles. The van der Waals surface area contributed by atoms with Crippen LogP contribution < -0.4 is 16.6 Å². The summed E-state index contributed by atoms with van der Waals surface area (Å²) in [4.78, 5) is 46.7. The third kappa shape index (κ3) is 4.22. The number of aryl methyl sites for hydroxylation is 1. The molecule has 0 radical (unpaired) electrons. The fraction of sp³-hybridized carbons (Fsp3) is 0.350. The van der Waals surface area contributed by atoms with Crippen LogP contribution in [0.15, 0.2) is 40.1 Å². The summed E-state index contributed by atoms with van der Waals surface area (Å²) in [6.45, 7) is 5.51. The lowest BCUT2D eigenvalue weighted by atomic mass is 10.2. The highest BCUT2D eigenvalue weighted by Gasteiger charge is 2.17. The van der Waals surface area contributed by atoms with Crippen LogP contribution in [-0.2, 0) is 17.9 Å². The number of halogens is 1. The largest absolute Gasteiger partial charge is 0.352 e. The first-order chi connectivity index (χ1) is 13.8. The molecule has 1 atom stereocenters. The van der Waals surface area contributed by atoms with E-state index in [1.54, 1.807) is 31.2 Å². The Morgan fingerprint density at radius 2 is 1.86 bits per heavy atom. The van der Waals surface area contributed by atoms with Crippen LogP contribution in [0, 0.1) is 0 Å². The second kappa shape index (κ2) is 8.57. The Hall–Kier alpha value is -3.00. The maximum Gasteiger partial charge on any atom is 0.333 e. The van der Waals surface area contributed by atoms with E-state index in [1.807, 2.05) is 13.8 Å². The number of hydrogen-bond donors (Lipinski definition) is 1. The Balaban J connectivity index is 2.12. The molecule has 1 unspecified atom stereocenters. The van der Waals surface area contributed by atoms with Crippen molar-refractivity contribution < 1.29 is 4.79 Å². The molecule has 0 bridgehead atoms. The standard InChI is InChI=1S/C20H22ClN5O3/c1-4-12(3)23-16(27)11-26-19(28)15-10-22-17(13-6-8-14(21)9-7-13)24-18(15)25(5-2)20(26)29/h6-10,12H,4-5,11H2,1-3H3,(H,23,27). The van der Waals surface area contributed by atoms with E-state index in [9.17, 15) is 14.4 Å². The number of fused-ring (bicyclic) bond motifs is 1. The minimum Gasteiger partial charge on any atom is -0.352 e. The fourth-order valence-electron chi connectivity index (χ4n) is 2.93. The van der Waals surface area contributed by atoms with Gasteiger partial charge in [0.05, 0.1) is 0 Å². The summed E-state index contributed by atoms with van der Waals surface area (Å²) in [6, 6.07) is 6.91. The molecule has 0 saturated carbocycles. The SMILES string of the molecule is CCC(C)NC(=O)Cn1c(=O)c2cnc(-c3ccc(Cl)cc3)nc2n(CC)c1=O. The van der Waals surface area contributed by atoms with Crippen LogP contribution in [0.2, 0.25) is 5.02 Å². The molecule has 2 heterocycles. The lowest BCUT2D eigenvalue weighted by Gasteiger charge is -2.14. The summed E-state index contributed by atoms with van der Waals surface area (Å²) in [5.41, 5.74) is -0.216. The zero-order valence-electron chi connectivity index (χ0n) is 16.5. The van der Waals surface area contributed by atoms with Crippen LogP contribution in [0.5, 0.6) is 0 Å². The summed E-state index contributed by atoms with van der Waals surface area (Å²) in [6.07, 6.45) is 2.14. The molecule has 1 amide bonds. The van der Waals surface area contributed by atoms with Gasteiger partial charge in [-0.1, -0.05) is 18.5 Å². The molecule has 3 rings (SSSR count). The topological polar surface area (TPSA) is 98.9 Å². The normalized spacial score (nSPS) is 12.1. The van der Waals surface area contributed by atoms with Crippen molar-refractivity contribution in [2.75, 3.05) is 0 Å². The molecule has 0 saturated heterocycles. The first-order valence-corrected chi connectivity index (χ1v) is 9.79. The molecule has 0 spiro atoms. The molecular weight excluding hydrogens is 394 g/mol. The molecule has 0 fully saturated rings. The van der Waals surface area contributed by atoms with Crippen LogP contribution in [0.1, 0.15) is 27.2 Å². The Morgan fingerprint density at radius 3 is 2.48 bits per heavy atom. The van der Waals surface area contributed by atoms with Crippen LogP contribution in [0.3, 0.4) is 0 Å². The van der Waals surface area contributed by atoms with E-state index < -0.39 is 11.2 Å². The van der Waals surface area contributed by atoms with Crippen molar-refractivity contribution in [2.24, 2.45) is 0 Å². The lowest BCUT2D eigenvalue weighted by molar-refractivity contribution is -0.122. The van der Waals surface area contributed by atoms with Crippen molar-refractivity contribution in [1.29, 1.82) is 0 Å². The highest BCUT2D eigenvalue weighted by Crippen LogP contribution is 2.19. The zero-order chi connectivity index (χ0) is 21.1. The van der Waals surface area contributed by atoms with Gasteiger partial charge in [0.1, 0.15) is 11.9 Å². The summed E-state index contributed by atoms with van der Waals surface area (Å²) in [5, 5.41) is 3.53. The average Bonchev–Trinajstić information content (AvgIpc) is 2.71. The van der Waals surface area contributed by atoms with Gasteiger partial charge in [-0.05, 0) is 44.5 Å². The van der Waals surface area contributed by atoms with Gasteiger partial charge in [0.25, 0.3) is 5.56 Å². The van der Waals surface area contributed by atoms with Gasteiger partial charge in [-0.3, -0.25) is 18.7 Å². The highest BCUT2D eigenvalue weighted by atomic mass is 35.5. The van der Waals surface area contributed by atoms with E-state index in [1.165, 1.54) is 10.8 Å². The molecule has 0 aliphatic heterocycles. The van der Waals surface area contributed by atoms with Crippen molar-refractivity contribution in [1.82, 2.24) is 24.4 Å². The number of benzene rings is 1. The third-order valence-corrected chi connectivity index (χ3v) is 4.95. The molecule has 8 nitrogen and oxygen atoms in total. The summed E-state index contributed by atoms with van der Waals surface area (Å²) >= 11 is 5.92. The van der Waals surface area contributed by atoms with E-state index >= 15 is 0 Å². The second-order valence-corrected chi connectivity index (χ2v) is 7.17. The number of amides is 1. The summed E-state index contributed by atoms with van der Waals surface area (Å²) in [7, 11) is 0. The summed E-state index contributed by atoms with van der Waals surface area (Å²) < 4.78 is 2.29. The number of nitrogens with zero attached hydrogens (tertiary/aromatic N) is 4. The average molecular weight is 416 g/mol. The van der Waals surface area contributed by atoms with Crippen LogP contribution in [0.4, 0.5) is 0 Å². The van der Waals surface area contributed by atoms with Crippen molar-refractivity contribution in [2.45, 2.75) is 46.3 Å². The molecule has 29 heavy (non-hydrogen) atoms. The van der Waals surface area contributed by atoms with Gasteiger partial charge < -0.3 is 5.32 Å². The van der Waals surface area contributed by atoms with Crippen LogP contribution in [0.25, 0.3) is 22.4 Å². The monoisotopic (exact) mass is 415 g/mol. The Morgan fingerprint density at radius 1 is 1.17 bits per heavy atom. The van der Waals surface area contributed by atoms with Crippen molar-refractivity contribution >= 4 is 28.5 Å². The maximum absolute atomic E-state index is 12.9. The van der Waals surface area contributed by atoms with Gasteiger partial charge in [-0.25, -0.2) is 14.8 Å². The van der Waals surface area contributed by atoms with Gasteiger partial charge in [0, 0.05) is 29.4 Å². The quantitative estimate of drug-likeness (QED) is 0.665. The van der Waals surface area contributed by atoms with Crippen LogP contribution >= 0.6 is 11.6 Å². The number of aromatic nitrogens is 4. The first-order valence-electron chi connectivity index (χ1n) is 9.41. The van der Waals surface area contributed by atoms with Gasteiger partial charge >= 0.3 is 5.69 Å². The molecule has 152 valence electrons. The van der Waals surface area contributed by atoms with Gasteiger partial charge in [-0.2, -0.15) is 0 Å². The molecule has 9 heteroatoms. The number of nitrogens with one attached hydrogen (secondary N) is 1. The molecular formula is C20H22ClN5O3. The number of carbonyl (C=O) groups is 1. The smallest absolute Gasteiger partial charge is 0.333 e. The fourth-order valence-corrected chi connectivity index (χ4v) is 3.05. The minimum atomic E-state index is -0.586. The van der Waals surface area contributed by atoms with Gasteiger partial charge in [0.2, 0.25) is 5.91 Å². The predicted molar refractivity (Wildman–Crippen MR) is 112 cm³/mol. The van der Waals surface area contributed by atoms with Crippen LogP contribution in [-0.4, -0.2) is 31.1 Å². The van der Waals surface area contributed by atoms with E-state index in [2.05, 4.69) is 15.3 Å². The minimum absolute atomic E-state index is 0.0441. The molecule has 0 aliphatic carbocycles. The Bertz CT molecular complexity index is 1170. The highest BCUT2D eigenvalue weighted by molar-refractivity contribution is 6.30. The number of carbonyl (C=O) groups excluding carboxylic acids is 1. The van der Waals surface area contributed by atoms with Crippen molar-refractivity contribution in [3.05, 3.63) is 56.3 Å². The van der Waals surface area contributed by atoms with Gasteiger partial charge in [0.15, 0.2) is 11.5 Å². The van der Waals surface area contributed by atoms with E-state index in [0.29, 0.717) is 23.0 Å².